The fourth-order valence-corrected chi connectivity index (χ4v) is 8.09. The third kappa shape index (κ3) is 5.19. The van der Waals surface area contributed by atoms with Gasteiger partial charge in [0.15, 0.2) is 5.58 Å². The average Bonchev–Trinajstić information content (AvgIpc) is 3.88. The van der Waals surface area contributed by atoms with Gasteiger partial charge in [-0.15, -0.1) is 0 Å². The largest absolute Gasteiger partial charge is 0.456 e. The molecule has 0 spiro atoms. The van der Waals surface area contributed by atoms with Crippen LogP contribution in [0.1, 0.15) is 0 Å². The second-order valence-corrected chi connectivity index (χ2v) is 13.9. The van der Waals surface area contributed by atoms with Crippen molar-refractivity contribution in [2.24, 2.45) is 0 Å². The van der Waals surface area contributed by atoms with Gasteiger partial charge in [-0.05, 0) is 106 Å². The molecule has 2 aromatic heterocycles. The van der Waals surface area contributed by atoms with Gasteiger partial charge < -0.3 is 13.7 Å². The lowest BCUT2D eigenvalue weighted by atomic mass is 9.89. The highest BCUT2D eigenvalue weighted by Crippen LogP contribution is 2.44. The zero-order valence-electron chi connectivity index (χ0n) is 29.7. The number of nitrogens with zero attached hydrogens (tertiary/aromatic N) is 2. The summed E-state index contributed by atoms with van der Waals surface area (Å²) < 4.78 is 13.0. The van der Waals surface area contributed by atoms with Crippen LogP contribution in [-0.2, 0) is 0 Å². The molecule has 0 saturated carbocycles. The summed E-state index contributed by atoms with van der Waals surface area (Å²) in [6, 6.07) is 67.9. The lowest BCUT2D eigenvalue weighted by Crippen LogP contribution is -2.09. The van der Waals surface area contributed by atoms with Crippen LogP contribution in [0.15, 0.2) is 203 Å². The highest BCUT2D eigenvalue weighted by atomic mass is 16.3. The third-order valence-corrected chi connectivity index (χ3v) is 10.7. The quantitative estimate of drug-likeness (QED) is 0.162. The lowest BCUT2D eigenvalue weighted by Gasteiger charge is -2.25. The van der Waals surface area contributed by atoms with Gasteiger partial charge in [-0.25, -0.2) is 4.98 Å². The molecule has 0 radical (unpaired) electrons. The second-order valence-electron chi connectivity index (χ2n) is 13.9. The number of anilines is 3. The predicted molar refractivity (Wildman–Crippen MR) is 227 cm³/mol. The molecule has 11 aromatic rings. The monoisotopic (exact) mass is 704 g/mol. The number of hydrogen-bond donors (Lipinski definition) is 0. The van der Waals surface area contributed by atoms with Crippen LogP contribution in [0.25, 0.3) is 88.3 Å². The minimum atomic E-state index is 0.588. The molecule has 11 rings (SSSR count). The first kappa shape index (κ1) is 31.1. The summed E-state index contributed by atoms with van der Waals surface area (Å²) in [5.74, 6) is 0.588. The van der Waals surface area contributed by atoms with Gasteiger partial charge in [0.05, 0.1) is 0 Å². The van der Waals surface area contributed by atoms with Gasteiger partial charge in [-0.1, -0.05) is 121 Å². The standard InChI is InChI=1S/C51H32N2O2/c1-4-14-33(15-5-1)42-31-44-39-20-10-11-22-41(39)49-50(46(44)32-43(42)34-16-6-2-7-17-34)55-51(52-49)35-24-26-37(27-25-35)53(36-18-8-3-9-19-36)38-28-29-48-45(30-38)40-21-12-13-23-47(40)54-48/h1-32H. The fraction of sp³-hybridized carbons (Fsp3) is 0. The van der Waals surface area contributed by atoms with Crippen LogP contribution in [0.5, 0.6) is 0 Å². The second kappa shape index (κ2) is 12.6. The Hall–Kier alpha value is -7.43. The highest BCUT2D eigenvalue weighted by molar-refractivity contribution is 6.24. The smallest absolute Gasteiger partial charge is 0.227 e. The Kier molecular flexibility index (Phi) is 7.14. The van der Waals surface area contributed by atoms with Crippen molar-refractivity contribution in [2.75, 3.05) is 4.90 Å². The summed E-state index contributed by atoms with van der Waals surface area (Å²) in [5.41, 5.74) is 12.1. The first-order valence-electron chi connectivity index (χ1n) is 18.5. The highest BCUT2D eigenvalue weighted by Gasteiger charge is 2.20. The molecule has 0 unspecified atom stereocenters. The molecule has 0 atom stereocenters. The number of fused-ring (bicyclic) bond motifs is 9. The van der Waals surface area contributed by atoms with Gasteiger partial charge in [0.25, 0.3) is 0 Å². The Morgan fingerprint density at radius 2 is 0.891 bits per heavy atom. The molecule has 4 heteroatoms. The van der Waals surface area contributed by atoms with Crippen LogP contribution in [0.3, 0.4) is 0 Å². The molecule has 9 aromatic carbocycles. The molecule has 2 heterocycles. The molecule has 0 saturated heterocycles. The van der Waals surface area contributed by atoms with Gasteiger partial charge >= 0.3 is 0 Å². The molecule has 0 aliphatic heterocycles. The molecular weight excluding hydrogens is 673 g/mol. The summed E-state index contributed by atoms with van der Waals surface area (Å²) in [7, 11) is 0. The summed E-state index contributed by atoms with van der Waals surface area (Å²) in [6.45, 7) is 0. The van der Waals surface area contributed by atoms with E-state index in [-0.39, 0.29) is 0 Å². The Morgan fingerprint density at radius 3 is 1.60 bits per heavy atom. The Labute approximate surface area is 317 Å². The van der Waals surface area contributed by atoms with E-state index < -0.39 is 0 Å². The first-order chi connectivity index (χ1) is 27.3. The minimum absolute atomic E-state index is 0.588. The van der Waals surface area contributed by atoms with Crippen LogP contribution >= 0.6 is 0 Å². The average molecular weight is 705 g/mol. The molecule has 0 fully saturated rings. The number of hydrogen-bond acceptors (Lipinski definition) is 4. The Balaban J connectivity index is 1.07. The zero-order valence-corrected chi connectivity index (χ0v) is 29.7. The van der Waals surface area contributed by atoms with E-state index in [0.717, 1.165) is 88.3 Å². The van der Waals surface area contributed by atoms with E-state index in [1.807, 2.05) is 18.2 Å². The van der Waals surface area contributed by atoms with Crippen molar-refractivity contribution in [1.82, 2.24) is 4.98 Å². The topological polar surface area (TPSA) is 42.4 Å². The van der Waals surface area contributed by atoms with E-state index >= 15 is 0 Å². The number of rotatable bonds is 6. The summed E-state index contributed by atoms with van der Waals surface area (Å²) in [5, 5.41) is 6.59. The third-order valence-electron chi connectivity index (χ3n) is 10.7. The van der Waals surface area contributed by atoms with Crippen molar-refractivity contribution in [3.8, 4) is 33.7 Å². The van der Waals surface area contributed by atoms with Crippen molar-refractivity contribution in [2.45, 2.75) is 0 Å². The van der Waals surface area contributed by atoms with Crippen molar-refractivity contribution in [1.29, 1.82) is 0 Å². The van der Waals surface area contributed by atoms with Crippen LogP contribution in [0, 0.1) is 0 Å². The number of oxazole rings is 1. The van der Waals surface area contributed by atoms with E-state index in [4.69, 9.17) is 13.8 Å². The van der Waals surface area contributed by atoms with Crippen LogP contribution in [-0.4, -0.2) is 4.98 Å². The zero-order chi connectivity index (χ0) is 36.3. The van der Waals surface area contributed by atoms with Gasteiger partial charge in [0, 0.05) is 44.2 Å². The number of aromatic nitrogens is 1. The molecule has 258 valence electrons. The fourth-order valence-electron chi connectivity index (χ4n) is 8.09. The summed E-state index contributed by atoms with van der Waals surface area (Å²) >= 11 is 0. The lowest BCUT2D eigenvalue weighted by molar-refractivity contribution is 0.623. The molecule has 0 aliphatic rings. The van der Waals surface area contributed by atoms with Crippen molar-refractivity contribution in [3.63, 3.8) is 0 Å². The minimum Gasteiger partial charge on any atom is -0.456 e. The SMILES string of the molecule is c1ccc(-c2cc3c4ccccc4c4nc(-c5ccc(N(c6ccccc6)c6ccc7oc8ccccc8c7c6)cc5)oc4c3cc2-c2ccccc2)cc1. The van der Waals surface area contributed by atoms with Crippen LogP contribution in [0.2, 0.25) is 0 Å². The predicted octanol–water partition coefficient (Wildman–Crippen LogP) is 14.5. The first-order valence-corrected chi connectivity index (χ1v) is 18.5. The summed E-state index contributed by atoms with van der Waals surface area (Å²) in [4.78, 5) is 7.47. The maximum absolute atomic E-state index is 6.83. The maximum atomic E-state index is 6.83. The molecular formula is C51H32N2O2. The summed E-state index contributed by atoms with van der Waals surface area (Å²) in [6.07, 6.45) is 0. The molecule has 4 nitrogen and oxygen atoms in total. The van der Waals surface area contributed by atoms with Gasteiger partial charge in [-0.2, -0.15) is 0 Å². The van der Waals surface area contributed by atoms with E-state index in [1.165, 1.54) is 11.1 Å². The Bertz CT molecular complexity index is 3180. The molecule has 0 amide bonds. The number of para-hydroxylation sites is 2. The van der Waals surface area contributed by atoms with E-state index in [9.17, 15) is 0 Å². The van der Waals surface area contributed by atoms with Gasteiger partial charge in [0.1, 0.15) is 16.7 Å². The maximum Gasteiger partial charge on any atom is 0.227 e. The van der Waals surface area contributed by atoms with E-state index in [0.29, 0.717) is 5.89 Å². The number of furan rings is 1. The molecule has 0 bridgehead atoms. The molecule has 0 N–H and O–H groups in total. The molecule has 55 heavy (non-hydrogen) atoms. The normalized spacial score (nSPS) is 11.6. The number of benzene rings is 9. The van der Waals surface area contributed by atoms with Crippen LogP contribution < -0.4 is 4.90 Å². The van der Waals surface area contributed by atoms with Crippen molar-refractivity contribution in [3.05, 3.63) is 194 Å². The Morgan fingerprint density at radius 1 is 0.345 bits per heavy atom. The van der Waals surface area contributed by atoms with Crippen molar-refractivity contribution >= 4 is 71.6 Å². The van der Waals surface area contributed by atoms with E-state index in [1.54, 1.807) is 0 Å². The van der Waals surface area contributed by atoms with Crippen LogP contribution in [0.4, 0.5) is 17.1 Å². The van der Waals surface area contributed by atoms with Gasteiger partial charge in [-0.3, -0.25) is 0 Å². The van der Waals surface area contributed by atoms with Gasteiger partial charge in [0.2, 0.25) is 5.89 Å². The van der Waals surface area contributed by atoms with E-state index in [2.05, 4.69) is 181 Å². The molecule has 0 aliphatic carbocycles. The van der Waals surface area contributed by atoms with Crippen molar-refractivity contribution < 1.29 is 8.83 Å².